The van der Waals surface area contributed by atoms with Crippen molar-refractivity contribution < 1.29 is 14.4 Å². The van der Waals surface area contributed by atoms with Gasteiger partial charge < -0.3 is 0 Å². The fraction of sp³-hybridized carbons (Fsp3) is 0.267. The fourth-order valence-electron chi connectivity index (χ4n) is 2.42. The van der Waals surface area contributed by atoms with Gasteiger partial charge in [-0.1, -0.05) is 30.4 Å². The molecule has 2 unspecified atom stereocenters. The summed E-state index contributed by atoms with van der Waals surface area (Å²) >= 11 is 6.43. The Morgan fingerprint density at radius 3 is 2.61 bits per heavy atom. The minimum Gasteiger partial charge on any atom is -0.295 e. The number of nitrogens with zero attached hydrogens (tertiary/aromatic N) is 2. The molecular formula is C15H13N3O3S2. The summed E-state index contributed by atoms with van der Waals surface area (Å²) in [4.78, 5) is 35.5. The molecule has 1 aromatic rings. The predicted octanol–water partition coefficient (Wildman–Crippen LogP) is 1.50. The molecule has 2 atom stereocenters. The van der Waals surface area contributed by atoms with Crippen LogP contribution >= 0.6 is 24.0 Å². The van der Waals surface area contributed by atoms with Crippen LogP contribution < -0.4 is 10.3 Å². The lowest BCUT2D eigenvalue weighted by Gasteiger charge is -2.15. The second-order valence-corrected chi connectivity index (χ2v) is 7.14. The number of para-hydroxylation sites is 1. The zero-order valence-electron chi connectivity index (χ0n) is 12.2. The van der Waals surface area contributed by atoms with E-state index in [1.807, 2.05) is 18.2 Å². The van der Waals surface area contributed by atoms with Gasteiger partial charge in [0, 0.05) is 6.42 Å². The molecule has 8 heteroatoms. The van der Waals surface area contributed by atoms with Gasteiger partial charge in [0.25, 0.3) is 5.91 Å². The summed E-state index contributed by atoms with van der Waals surface area (Å²) in [6.07, 6.45) is 0.0864. The first-order valence-electron chi connectivity index (χ1n) is 6.95. The van der Waals surface area contributed by atoms with E-state index in [1.165, 1.54) is 5.01 Å². The third kappa shape index (κ3) is 3.04. The quantitative estimate of drug-likeness (QED) is 0.662. The van der Waals surface area contributed by atoms with E-state index in [2.05, 4.69) is 10.4 Å². The molecule has 0 saturated carbocycles. The summed E-state index contributed by atoms with van der Waals surface area (Å²) in [5, 5.41) is 7.28. The van der Waals surface area contributed by atoms with E-state index in [9.17, 15) is 14.4 Å². The second-order valence-electron chi connectivity index (χ2n) is 5.20. The van der Waals surface area contributed by atoms with Gasteiger partial charge in [0.05, 0.1) is 20.8 Å². The van der Waals surface area contributed by atoms with Crippen molar-refractivity contribution in [2.45, 2.75) is 18.6 Å². The number of carbonyl (C=O) groups is 3. The molecule has 0 aromatic heterocycles. The summed E-state index contributed by atoms with van der Waals surface area (Å²) in [5.41, 5.74) is 1.25. The van der Waals surface area contributed by atoms with Gasteiger partial charge >= 0.3 is 0 Å². The number of anilines is 1. The van der Waals surface area contributed by atoms with Gasteiger partial charge in [-0.25, -0.2) is 0 Å². The van der Waals surface area contributed by atoms with Crippen molar-refractivity contribution in [3.63, 3.8) is 0 Å². The van der Waals surface area contributed by atoms with E-state index >= 15 is 0 Å². The van der Waals surface area contributed by atoms with Gasteiger partial charge in [0.2, 0.25) is 11.8 Å². The number of hydrogen-bond donors (Lipinski definition) is 1. The van der Waals surface area contributed by atoms with Crippen LogP contribution in [0.5, 0.6) is 0 Å². The van der Waals surface area contributed by atoms with Crippen LogP contribution in [-0.2, 0) is 14.4 Å². The molecular weight excluding hydrogens is 334 g/mol. The van der Waals surface area contributed by atoms with Crippen LogP contribution in [0.4, 0.5) is 5.69 Å². The van der Waals surface area contributed by atoms with Gasteiger partial charge in [-0.3, -0.25) is 19.7 Å². The lowest BCUT2D eigenvalue weighted by Crippen LogP contribution is -2.32. The number of benzene rings is 1. The van der Waals surface area contributed by atoms with E-state index in [-0.39, 0.29) is 24.1 Å². The summed E-state index contributed by atoms with van der Waals surface area (Å²) in [5.74, 6) is -1.57. The van der Waals surface area contributed by atoms with Crippen molar-refractivity contribution in [2.24, 2.45) is 11.0 Å². The first-order valence-corrected chi connectivity index (χ1v) is 8.24. The SMILES string of the molecule is CC1=NN(c2ccccc2)C(=O)C1C(=S)SC1CC(=O)NC1=O. The molecule has 118 valence electrons. The van der Waals surface area contributed by atoms with Crippen LogP contribution in [0, 0.1) is 5.92 Å². The van der Waals surface area contributed by atoms with Crippen molar-refractivity contribution in [2.75, 3.05) is 5.01 Å². The molecule has 2 aliphatic rings. The van der Waals surface area contributed by atoms with E-state index in [1.54, 1.807) is 19.1 Å². The first-order chi connectivity index (χ1) is 11.0. The highest BCUT2D eigenvalue weighted by atomic mass is 32.2. The number of thioether (sulfide) groups is 1. The molecule has 23 heavy (non-hydrogen) atoms. The van der Waals surface area contributed by atoms with Crippen molar-refractivity contribution in [3.8, 4) is 0 Å². The number of thiocarbonyl (C=S) groups is 1. The van der Waals surface area contributed by atoms with Crippen molar-refractivity contribution in [3.05, 3.63) is 30.3 Å². The lowest BCUT2D eigenvalue weighted by molar-refractivity contribution is -0.124. The zero-order valence-corrected chi connectivity index (χ0v) is 13.8. The Labute approximate surface area is 142 Å². The third-order valence-corrected chi connectivity index (χ3v) is 5.21. The number of hydrogen-bond acceptors (Lipinski definition) is 6. The highest BCUT2D eigenvalue weighted by molar-refractivity contribution is 8.24. The minimum absolute atomic E-state index is 0.0864. The van der Waals surface area contributed by atoms with E-state index in [4.69, 9.17) is 12.2 Å². The van der Waals surface area contributed by atoms with Crippen LogP contribution in [0.25, 0.3) is 0 Å². The standard InChI is InChI=1S/C15H13N3O3S2/c1-8-12(15(22)23-10-7-11(19)16-13(10)20)14(21)18(17-8)9-5-3-2-4-6-9/h2-6,10,12H,7H2,1H3,(H,16,19,20). The first kappa shape index (κ1) is 15.8. The lowest BCUT2D eigenvalue weighted by atomic mass is 10.1. The molecule has 0 bridgehead atoms. The van der Waals surface area contributed by atoms with Crippen LogP contribution in [0.3, 0.4) is 0 Å². The number of nitrogens with one attached hydrogen (secondary N) is 1. The summed E-state index contributed by atoms with van der Waals surface area (Å²) < 4.78 is 0.365. The largest absolute Gasteiger partial charge is 0.295 e. The fourth-order valence-corrected chi connectivity index (χ4v) is 4.13. The van der Waals surface area contributed by atoms with Gasteiger partial charge in [0.1, 0.15) is 5.92 Å². The molecule has 3 amide bonds. The van der Waals surface area contributed by atoms with Crippen molar-refractivity contribution in [1.29, 1.82) is 0 Å². The molecule has 0 aliphatic carbocycles. The Kier molecular flexibility index (Phi) is 4.27. The summed E-state index contributed by atoms with van der Waals surface area (Å²) in [6.45, 7) is 1.73. The second kappa shape index (κ2) is 6.21. The van der Waals surface area contributed by atoms with Gasteiger partial charge in [0.15, 0.2) is 0 Å². The normalized spacial score (nSPS) is 24.0. The van der Waals surface area contributed by atoms with Gasteiger partial charge in [-0.05, 0) is 19.1 Å². The molecule has 6 nitrogen and oxygen atoms in total. The minimum atomic E-state index is -0.654. The number of amides is 3. The number of hydrazone groups is 1. The van der Waals surface area contributed by atoms with Crippen LogP contribution in [-0.4, -0.2) is 32.9 Å². The van der Waals surface area contributed by atoms with Crippen molar-refractivity contribution in [1.82, 2.24) is 5.32 Å². The Morgan fingerprint density at radius 2 is 2.00 bits per heavy atom. The zero-order chi connectivity index (χ0) is 16.6. The highest BCUT2D eigenvalue weighted by Crippen LogP contribution is 2.31. The average molecular weight is 347 g/mol. The van der Waals surface area contributed by atoms with E-state index < -0.39 is 11.2 Å². The molecule has 3 rings (SSSR count). The predicted molar refractivity (Wildman–Crippen MR) is 92.3 cm³/mol. The van der Waals surface area contributed by atoms with Gasteiger partial charge in [-0.2, -0.15) is 10.1 Å². The maximum atomic E-state index is 12.6. The molecule has 0 spiro atoms. The van der Waals surface area contributed by atoms with Crippen LogP contribution in [0.2, 0.25) is 0 Å². The molecule has 1 fully saturated rings. The van der Waals surface area contributed by atoms with Crippen LogP contribution in [0.15, 0.2) is 35.4 Å². The number of rotatable bonds is 3. The Hall–Kier alpha value is -2.06. The maximum absolute atomic E-state index is 12.6. The molecule has 1 N–H and O–H groups in total. The third-order valence-electron chi connectivity index (χ3n) is 3.55. The van der Waals surface area contributed by atoms with Crippen LogP contribution in [0.1, 0.15) is 13.3 Å². The Morgan fingerprint density at radius 1 is 1.30 bits per heavy atom. The van der Waals surface area contributed by atoms with E-state index in [0.29, 0.717) is 15.6 Å². The van der Waals surface area contributed by atoms with E-state index in [0.717, 1.165) is 11.8 Å². The smallest absolute Gasteiger partial charge is 0.262 e. The Balaban J connectivity index is 1.75. The highest BCUT2D eigenvalue weighted by Gasteiger charge is 2.40. The monoisotopic (exact) mass is 347 g/mol. The van der Waals surface area contributed by atoms with Crippen molar-refractivity contribution >= 4 is 57.3 Å². The molecule has 1 saturated heterocycles. The molecule has 2 aliphatic heterocycles. The topological polar surface area (TPSA) is 78.8 Å². The molecule has 1 aromatic carbocycles. The maximum Gasteiger partial charge on any atom is 0.262 e. The number of carbonyl (C=O) groups excluding carboxylic acids is 3. The molecule has 2 heterocycles. The van der Waals surface area contributed by atoms with Gasteiger partial charge in [-0.15, -0.1) is 11.8 Å². The summed E-state index contributed by atoms with van der Waals surface area (Å²) in [7, 11) is 0. The summed E-state index contributed by atoms with van der Waals surface area (Å²) in [6, 6.07) is 9.08. The number of imide groups is 1. The Bertz CT molecular complexity index is 733. The molecule has 0 radical (unpaired) electrons. The average Bonchev–Trinajstić information content (AvgIpc) is 2.98.